The van der Waals surface area contributed by atoms with E-state index in [-0.39, 0.29) is 23.8 Å². The van der Waals surface area contributed by atoms with E-state index in [9.17, 15) is 13.2 Å². The zero-order valence-electron chi connectivity index (χ0n) is 10.00. The third kappa shape index (κ3) is 2.20. The number of anilines is 1. The summed E-state index contributed by atoms with van der Waals surface area (Å²) in [6, 6.07) is 0. The Morgan fingerprint density at radius 1 is 1.67 bits per heavy atom. The summed E-state index contributed by atoms with van der Waals surface area (Å²) in [5.41, 5.74) is 5.77. The fourth-order valence-corrected chi connectivity index (χ4v) is 3.89. The zero-order chi connectivity index (χ0) is 13.3. The summed E-state index contributed by atoms with van der Waals surface area (Å²) in [6.45, 7) is 0.234. The molecule has 1 aliphatic heterocycles. The van der Waals surface area contributed by atoms with Gasteiger partial charge >= 0.3 is 5.97 Å². The van der Waals surface area contributed by atoms with Gasteiger partial charge in [0.1, 0.15) is 5.82 Å². The fraction of sp³-hybridized carbons (Fsp3) is 0.600. The van der Waals surface area contributed by atoms with Crippen LogP contribution in [0.2, 0.25) is 0 Å². The first-order valence-electron chi connectivity index (χ1n) is 5.56. The average Bonchev–Trinajstić information content (AvgIpc) is 2.84. The van der Waals surface area contributed by atoms with Crippen molar-refractivity contribution in [3.05, 3.63) is 12.0 Å². The maximum absolute atomic E-state index is 11.7. The lowest BCUT2D eigenvalue weighted by Crippen LogP contribution is -2.23. The van der Waals surface area contributed by atoms with Crippen molar-refractivity contribution in [2.45, 2.75) is 24.6 Å². The summed E-state index contributed by atoms with van der Waals surface area (Å²) < 4.78 is 29.4. The topological polar surface area (TPSA) is 104 Å². The molecule has 1 fully saturated rings. The average molecular weight is 273 g/mol. The van der Waals surface area contributed by atoms with Crippen LogP contribution < -0.4 is 5.73 Å². The van der Waals surface area contributed by atoms with E-state index in [0.717, 1.165) is 0 Å². The molecule has 100 valence electrons. The van der Waals surface area contributed by atoms with Gasteiger partial charge in [0.2, 0.25) is 0 Å². The summed E-state index contributed by atoms with van der Waals surface area (Å²) in [5, 5.41) is -0.445. The second kappa shape index (κ2) is 4.60. The van der Waals surface area contributed by atoms with Crippen LogP contribution >= 0.6 is 0 Å². The first-order chi connectivity index (χ1) is 8.45. The number of methoxy groups -OCH3 is 1. The van der Waals surface area contributed by atoms with Gasteiger partial charge < -0.3 is 15.0 Å². The van der Waals surface area contributed by atoms with Crippen LogP contribution in [0.3, 0.4) is 0 Å². The predicted molar refractivity (Wildman–Crippen MR) is 64.8 cm³/mol. The van der Waals surface area contributed by atoms with Crippen molar-refractivity contribution in [2.75, 3.05) is 18.6 Å². The Bertz CT molecular complexity index is 564. The number of hydrogen-bond acceptors (Lipinski definition) is 6. The van der Waals surface area contributed by atoms with Crippen LogP contribution in [0.25, 0.3) is 0 Å². The van der Waals surface area contributed by atoms with Crippen molar-refractivity contribution in [3.8, 4) is 0 Å². The van der Waals surface area contributed by atoms with Crippen molar-refractivity contribution in [2.24, 2.45) is 0 Å². The number of rotatable bonds is 3. The molecule has 1 aliphatic rings. The lowest BCUT2D eigenvalue weighted by atomic mass is 10.2. The number of sulfone groups is 1. The maximum atomic E-state index is 11.7. The highest BCUT2D eigenvalue weighted by Crippen LogP contribution is 2.23. The molecule has 2 N–H and O–H groups in total. The monoisotopic (exact) mass is 273 g/mol. The minimum absolute atomic E-state index is 0.0212. The van der Waals surface area contributed by atoms with Gasteiger partial charge in [-0.05, 0) is 12.8 Å². The molecule has 0 aromatic carbocycles. The quantitative estimate of drug-likeness (QED) is 0.767. The van der Waals surface area contributed by atoms with E-state index in [1.54, 1.807) is 0 Å². The lowest BCUT2D eigenvalue weighted by Gasteiger charge is -2.11. The SMILES string of the molecule is COC(=O)c1ncn(CC2CCCS2(=O)=O)c1N. The van der Waals surface area contributed by atoms with Gasteiger partial charge in [0.05, 0.1) is 24.4 Å². The maximum Gasteiger partial charge on any atom is 0.360 e. The van der Waals surface area contributed by atoms with Crippen molar-refractivity contribution >= 4 is 21.6 Å². The highest BCUT2D eigenvalue weighted by Gasteiger charge is 2.32. The molecule has 0 amide bonds. The third-order valence-electron chi connectivity index (χ3n) is 3.12. The molecule has 2 rings (SSSR count). The second-order valence-electron chi connectivity index (χ2n) is 4.25. The van der Waals surface area contributed by atoms with Gasteiger partial charge in [0.15, 0.2) is 15.5 Å². The molecule has 18 heavy (non-hydrogen) atoms. The number of aromatic nitrogens is 2. The van der Waals surface area contributed by atoms with Crippen LogP contribution in [0, 0.1) is 0 Å². The normalized spacial score (nSPS) is 21.9. The van der Waals surface area contributed by atoms with Gasteiger partial charge in [-0.2, -0.15) is 0 Å². The van der Waals surface area contributed by atoms with E-state index in [0.29, 0.717) is 12.8 Å². The minimum Gasteiger partial charge on any atom is -0.464 e. The highest BCUT2D eigenvalue weighted by atomic mass is 32.2. The van der Waals surface area contributed by atoms with Crippen LogP contribution in [-0.4, -0.2) is 42.1 Å². The molecule has 0 saturated carbocycles. The van der Waals surface area contributed by atoms with Crippen LogP contribution in [0.5, 0.6) is 0 Å². The predicted octanol–water partition coefficient (Wildman–Crippen LogP) is -0.171. The Kier molecular flexibility index (Phi) is 3.29. The van der Waals surface area contributed by atoms with Crippen LogP contribution in [-0.2, 0) is 21.1 Å². The number of carbonyl (C=O) groups is 1. The number of nitrogen functional groups attached to an aromatic ring is 1. The van der Waals surface area contributed by atoms with E-state index in [4.69, 9.17) is 5.73 Å². The zero-order valence-corrected chi connectivity index (χ0v) is 10.8. The van der Waals surface area contributed by atoms with E-state index in [1.165, 1.54) is 18.0 Å². The smallest absolute Gasteiger partial charge is 0.360 e. The Morgan fingerprint density at radius 3 is 2.94 bits per heavy atom. The fourth-order valence-electron chi connectivity index (χ4n) is 2.07. The minimum atomic E-state index is -3.04. The number of esters is 1. The summed E-state index contributed by atoms with van der Waals surface area (Å²) in [5.74, 6) is -0.264. The number of hydrogen-bond donors (Lipinski definition) is 1. The summed E-state index contributed by atoms with van der Waals surface area (Å²) in [6.07, 6.45) is 2.66. The molecular formula is C10H15N3O4S. The molecule has 1 saturated heterocycles. The molecular weight excluding hydrogens is 258 g/mol. The standard InChI is InChI=1S/C10H15N3O4S/c1-17-10(14)8-9(11)13(6-12-8)5-7-3-2-4-18(7,15)16/h6-7H,2-5,11H2,1H3. The van der Waals surface area contributed by atoms with Gasteiger partial charge in [0, 0.05) is 6.54 Å². The highest BCUT2D eigenvalue weighted by molar-refractivity contribution is 7.92. The molecule has 1 atom stereocenters. The Labute approximate surface area is 105 Å². The van der Waals surface area contributed by atoms with Gasteiger partial charge in [0.25, 0.3) is 0 Å². The first kappa shape index (κ1) is 12.9. The molecule has 0 spiro atoms. The van der Waals surface area contributed by atoms with Crippen LogP contribution in [0.15, 0.2) is 6.33 Å². The third-order valence-corrected chi connectivity index (χ3v) is 5.38. The second-order valence-corrected chi connectivity index (χ2v) is 6.65. The molecule has 1 aromatic heterocycles. The lowest BCUT2D eigenvalue weighted by molar-refractivity contribution is 0.0596. The molecule has 8 heteroatoms. The molecule has 1 unspecified atom stereocenters. The molecule has 0 bridgehead atoms. The van der Waals surface area contributed by atoms with E-state index in [2.05, 4.69) is 9.72 Å². The number of nitrogens with two attached hydrogens (primary N) is 1. The van der Waals surface area contributed by atoms with Gasteiger partial charge in [-0.1, -0.05) is 0 Å². The van der Waals surface area contributed by atoms with Crippen LogP contribution in [0.4, 0.5) is 5.82 Å². The number of nitrogens with zero attached hydrogens (tertiary/aromatic N) is 2. The number of imidazole rings is 1. The number of carbonyl (C=O) groups excluding carboxylic acids is 1. The van der Waals surface area contributed by atoms with Crippen molar-refractivity contribution in [3.63, 3.8) is 0 Å². The van der Waals surface area contributed by atoms with Gasteiger partial charge in [-0.3, -0.25) is 0 Å². The van der Waals surface area contributed by atoms with E-state index in [1.807, 2.05) is 0 Å². The number of ether oxygens (including phenoxy) is 1. The van der Waals surface area contributed by atoms with E-state index < -0.39 is 21.1 Å². The molecule has 0 radical (unpaired) electrons. The van der Waals surface area contributed by atoms with Gasteiger partial charge in [-0.15, -0.1) is 0 Å². The molecule has 1 aromatic rings. The Morgan fingerprint density at radius 2 is 2.39 bits per heavy atom. The summed E-state index contributed by atoms with van der Waals surface area (Å²) >= 11 is 0. The van der Waals surface area contributed by atoms with Crippen molar-refractivity contribution < 1.29 is 17.9 Å². The van der Waals surface area contributed by atoms with Gasteiger partial charge in [-0.25, -0.2) is 18.2 Å². The molecule has 2 heterocycles. The molecule has 0 aliphatic carbocycles. The Balaban J connectivity index is 2.21. The van der Waals surface area contributed by atoms with E-state index >= 15 is 0 Å². The van der Waals surface area contributed by atoms with Crippen molar-refractivity contribution in [1.29, 1.82) is 0 Å². The van der Waals surface area contributed by atoms with Crippen molar-refractivity contribution in [1.82, 2.24) is 9.55 Å². The first-order valence-corrected chi connectivity index (χ1v) is 7.27. The summed E-state index contributed by atoms with van der Waals surface area (Å²) in [4.78, 5) is 15.2. The van der Waals surface area contributed by atoms with Crippen LogP contribution in [0.1, 0.15) is 23.3 Å². The summed E-state index contributed by atoms with van der Waals surface area (Å²) in [7, 11) is -1.80. The Hall–Kier alpha value is -1.57. The molecule has 7 nitrogen and oxygen atoms in total. The largest absolute Gasteiger partial charge is 0.464 e.